The van der Waals surface area contributed by atoms with Gasteiger partial charge in [0.05, 0.1) is 15.8 Å². The molecule has 60 valence electrons. The van der Waals surface area contributed by atoms with Crippen molar-refractivity contribution < 1.29 is 4.79 Å². The van der Waals surface area contributed by atoms with Gasteiger partial charge in [-0.1, -0.05) is 12.1 Å². The summed E-state index contributed by atoms with van der Waals surface area (Å²) in [7, 11) is 0. The molecule has 1 aliphatic rings. The summed E-state index contributed by atoms with van der Waals surface area (Å²) in [6.45, 7) is 0. The summed E-state index contributed by atoms with van der Waals surface area (Å²) in [5.41, 5.74) is 1.55. The summed E-state index contributed by atoms with van der Waals surface area (Å²) in [6, 6.07) is 7.45. The van der Waals surface area contributed by atoms with E-state index in [4.69, 9.17) is 0 Å². The molecular formula is C9H6INO. The maximum absolute atomic E-state index is 11.4. The van der Waals surface area contributed by atoms with Crippen LogP contribution in [0.5, 0.6) is 0 Å². The molecule has 0 spiro atoms. The second-order valence-corrected chi connectivity index (χ2v) is 3.85. The van der Waals surface area contributed by atoms with Crippen molar-refractivity contribution in [3.8, 4) is 0 Å². The molecule has 0 fully saturated rings. The Morgan fingerprint density at radius 1 is 1.33 bits per heavy atom. The molecule has 0 N–H and O–H groups in total. The molecule has 1 aromatic rings. The summed E-state index contributed by atoms with van der Waals surface area (Å²) in [5, 5.41) is 0. The number of carbonyl (C=O) groups excluding carboxylic acids is 1. The molecule has 2 rings (SSSR count). The highest BCUT2D eigenvalue weighted by Crippen LogP contribution is 2.26. The van der Waals surface area contributed by atoms with E-state index in [0.717, 1.165) is 15.0 Å². The van der Waals surface area contributed by atoms with E-state index in [0.29, 0.717) is 6.42 Å². The molecular weight excluding hydrogens is 265 g/mol. The number of fused-ring (bicyclic) bond motifs is 1. The van der Waals surface area contributed by atoms with Gasteiger partial charge >= 0.3 is 0 Å². The van der Waals surface area contributed by atoms with Gasteiger partial charge in [-0.3, -0.25) is 4.79 Å². The maximum atomic E-state index is 11.4. The number of ketones is 1. The summed E-state index contributed by atoms with van der Waals surface area (Å²) in [5.74, 6) is 0.171. The smallest absolute Gasteiger partial charge is 0.171 e. The van der Waals surface area contributed by atoms with Crippen molar-refractivity contribution in [2.75, 3.05) is 0 Å². The van der Waals surface area contributed by atoms with Gasteiger partial charge in [0.2, 0.25) is 0 Å². The van der Waals surface area contributed by atoms with E-state index in [1.54, 1.807) is 0 Å². The summed E-state index contributed by atoms with van der Waals surface area (Å²) >= 11 is 2.10. The Morgan fingerprint density at radius 3 is 2.92 bits per heavy atom. The fraction of sp³-hybridized carbons (Fsp3) is 0.111. The van der Waals surface area contributed by atoms with Crippen LogP contribution >= 0.6 is 22.6 Å². The Bertz CT molecular complexity index is 371. The molecule has 12 heavy (non-hydrogen) atoms. The number of para-hydroxylation sites is 1. The van der Waals surface area contributed by atoms with E-state index in [1.807, 2.05) is 24.3 Å². The number of carbonyl (C=O) groups is 1. The lowest BCUT2D eigenvalue weighted by molar-refractivity contribution is 0.100. The standard InChI is InChI=1S/C9H6INO/c10-9-5-8(12)6-3-1-2-4-7(6)11-9/h1-4H,5H2. The summed E-state index contributed by atoms with van der Waals surface area (Å²) in [4.78, 5) is 15.7. The number of Topliss-reactive ketones (excluding diaryl/α,β-unsaturated/α-hetero) is 1. The van der Waals surface area contributed by atoms with E-state index >= 15 is 0 Å². The maximum Gasteiger partial charge on any atom is 0.171 e. The number of hydrogen-bond donors (Lipinski definition) is 0. The van der Waals surface area contributed by atoms with Gasteiger partial charge in [-0.2, -0.15) is 0 Å². The lowest BCUT2D eigenvalue weighted by Gasteiger charge is -2.09. The molecule has 1 heterocycles. The molecule has 0 saturated heterocycles. The van der Waals surface area contributed by atoms with Gasteiger partial charge in [0.15, 0.2) is 5.78 Å². The van der Waals surface area contributed by atoms with Crippen LogP contribution in [0.3, 0.4) is 0 Å². The van der Waals surface area contributed by atoms with Crippen LogP contribution in [0.1, 0.15) is 16.8 Å². The highest BCUT2D eigenvalue weighted by atomic mass is 127. The number of rotatable bonds is 0. The molecule has 2 nitrogen and oxygen atoms in total. The van der Waals surface area contributed by atoms with Gasteiger partial charge in [-0.15, -0.1) is 0 Å². The first-order valence-electron chi connectivity index (χ1n) is 3.62. The first kappa shape index (κ1) is 7.91. The molecule has 0 bridgehead atoms. The lowest BCUT2D eigenvalue weighted by Crippen LogP contribution is -2.07. The van der Waals surface area contributed by atoms with E-state index in [1.165, 1.54) is 0 Å². The van der Waals surface area contributed by atoms with Crippen molar-refractivity contribution in [2.24, 2.45) is 4.99 Å². The Hall–Kier alpha value is -0.710. The molecule has 0 aliphatic carbocycles. The predicted molar refractivity (Wildman–Crippen MR) is 56.5 cm³/mol. The zero-order valence-corrected chi connectivity index (χ0v) is 8.41. The molecule has 0 saturated carbocycles. The van der Waals surface area contributed by atoms with Gasteiger partial charge in [0.1, 0.15) is 0 Å². The van der Waals surface area contributed by atoms with Crippen LogP contribution in [0, 0.1) is 0 Å². The van der Waals surface area contributed by atoms with Crippen molar-refractivity contribution in [2.45, 2.75) is 6.42 Å². The van der Waals surface area contributed by atoms with Crippen LogP contribution < -0.4 is 0 Å². The molecule has 0 amide bonds. The third kappa shape index (κ3) is 1.29. The highest BCUT2D eigenvalue weighted by molar-refractivity contribution is 14.1. The monoisotopic (exact) mass is 271 g/mol. The van der Waals surface area contributed by atoms with Gasteiger partial charge in [-0.05, 0) is 34.7 Å². The first-order valence-corrected chi connectivity index (χ1v) is 4.70. The van der Waals surface area contributed by atoms with Gasteiger partial charge in [0.25, 0.3) is 0 Å². The second-order valence-electron chi connectivity index (χ2n) is 2.61. The number of aliphatic imine (C=N–C) groups is 1. The third-order valence-corrected chi connectivity index (χ3v) is 2.38. The first-order chi connectivity index (χ1) is 5.77. The average molecular weight is 271 g/mol. The number of benzene rings is 1. The molecule has 0 aromatic heterocycles. The van der Waals surface area contributed by atoms with Crippen molar-refractivity contribution in [3.63, 3.8) is 0 Å². The molecule has 1 aliphatic heterocycles. The van der Waals surface area contributed by atoms with Crippen molar-refractivity contribution in [1.29, 1.82) is 0 Å². The van der Waals surface area contributed by atoms with E-state index in [2.05, 4.69) is 27.6 Å². The molecule has 0 atom stereocenters. The van der Waals surface area contributed by atoms with E-state index in [-0.39, 0.29) is 5.78 Å². The van der Waals surface area contributed by atoms with Crippen molar-refractivity contribution >= 4 is 37.8 Å². The molecule has 0 radical (unpaired) electrons. The van der Waals surface area contributed by atoms with Gasteiger partial charge in [-0.25, -0.2) is 4.99 Å². The quantitative estimate of drug-likeness (QED) is 0.667. The van der Waals surface area contributed by atoms with Crippen LogP contribution in [0.2, 0.25) is 0 Å². The van der Waals surface area contributed by atoms with Crippen molar-refractivity contribution in [3.05, 3.63) is 29.8 Å². The Kier molecular flexibility index (Phi) is 1.96. The SMILES string of the molecule is O=C1CC(I)=Nc2ccccc21. The fourth-order valence-electron chi connectivity index (χ4n) is 1.20. The topological polar surface area (TPSA) is 29.4 Å². The molecule has 0 unspecified atom stereocenters. The fourth-order valence-corrected chi connectivity index (χ4v) is 1.81. The number of halogens is 1. The normalized spacial score (nSPS) is 15.4. The van der Waals surface area contributed by atoms with Crippen LogP contribution in [-0.4, -0.2) is 9.50 Å². The lowest BCUT2D eigenvalue weighted by atomic mass is 10.0. The second kappa shape index (κ2) is 2.97. The number of hydrogen-bond acceptors (Lipinski definition) is 2. The third-order valence-electron chi connectivity index (χ3n) is 1.75. The minimum atomic E-state index is 0.171. The van der Waals surface area contributed by atoms with Gasteiger partial charge < -0.3 is 0 Å². The van der Waals surface area contributed by atoms with E-state index in [9.17, 15) is 4.79 Å². The minimum Gasteiger partial charge on any atom is -0.294 e. The molecule has 3 heteroatoms. The van der Waals surface area contributed by atoms with Gasteiger partial charge in [0, 0.05) is 5.56 Å². The summed E-state index contributed by atoms with van der Waals surface area (Å²) < 4.78 is 0.872. The average Bonchev–Trinajstić information content (AvgIpc) is 2.04. The largest absolute Gasteiger partial charge is 0.294 e. The zero-order chi connectivity index (χ0) is 8.55. The van der Waals surface area contributed by atoms with Crippen molar-refractivity contribution in [1.82, 2.24) is 0 Å². The van der Waals surface area contributed by atoms with Crippen LogP contribution in [0.15, 0.2) is 29.3 Å². The molecule has 1 aromatic carbocycles. The van der Waals surface area contributed by atoms with E-state index < -0.39 is 0 Å². The zero-order valence-electron chi connectivity index (χ0n) is 6.25. The Morgan fingerprint density at radius 2 is 2.08 bits per heavy atom. The summed E-state index contributed by atoms with van der Waals surface area (Å²) in [6.07, 6.45) is 0.456. The Labute approximate surface area is 83.8 Å². The minimum absolute atomic E-state index is 0.171. The highest BCUT2D eigenvalue weighted by Gasteiger charge is 2.16. The Balaban J connectivity index is 2.62. The predicted octanol–water partition coefficient (Wildman–Crippen LogP) is 2.74. The van der Waals surface area contributed by atoms with Crippen LogP contribution in [0.25, 0.3) is 0 Å². The van der Waals surface area contributed by atoms with Crippen LogP contribution in [-0.2, 0) is 0 Å². The number of nitrogens with zero attached hydrogens (tertiary/aromatic N) is 1. The van der Waals surface area contributed by atoms with Crippen LogP contribution in [0.4, 0.5) is 5.69 Å².